The fourth-order valence-electron chi connectivity index (χ4n) is 2.71. The molecule has 2 aromatic rings. The van der Waals surface area contributed by atoms with E-state index in [0.717, 1.165) is 30.7 Å². The largest absolute Gasteiger partial charge is 0.487 e. The van der Waals surface area contributed by atoms with Crippen LogP contribution >= 0.6 is 0 Å². The smallest absolute Gasteiger partial charge is 0.162 e. The number of hydrogen-bond donors (Lipinski definition) is 1. The van der Waals surface area contributed by atoms with Crippen LogP contribution in [0.25, 0.3) is 0 Å². The molecule has 5 heteroatoms. The maximum absolute atomic E-state index is 6.12. The van der Waals surface area contributed by atoms with Gasteiger partial charge in [-0.25, -0.2) is 0 Å². The molecule has 0 spiro atoms. The number of rotatable bonds is 5. The molecular weight excluding hydrogens is 268 g/mol. The number of benzene rings is 1. The van der Waals surface area contributed by atoms with Gasteiger partial charge in [-0.3, -0.25) is 0 Å². The fourth-order valence-corrected chi connectivity index (χ4v) is 2.71. The summed E-state index contributed by atoms with van der Waals surface area (Å²) < 4.78 is 15.9. The van der Waals surface area contributed by atoms with E-state index < -0.39 is 0 Å². The van der Waals surface area contributed by atoms with Crippen molar-refractivity contribution < 1.29 is 14.0 Å². The Bertz CT molecular complexity index is 609. The normalized spacial score (nSPS) is 17.5. The SMILES string of the molecule is COCc1cc(COc2ccc3c(c2)CCCC3N)no1. The van der Waals surface area contributed by atoms with Crippen molar-refractivity contribution in [2.45, 2.75) is 38.5 Å². The van der Waals surface area contributed by atoms with E-state index in [4.69, 9.17) is 19.7 Å². The van der Waals surface area contributed by atoms with Crippen molar-refractivity contribution in [2.75, 3.05) is 7.11 Å². The van der Waals surface area contributed by atoms with Gasteiger partial charge >= 0.3 is 0 Å². The van der Waals surface area contributed by atoms with Crippen molar-refractivity contribution in [3.63, 3.8) is 0 Å². The van der Waals surface area contributed by atoms with Crippen LogP contribution in [-0.2, 0) is 24.4 Å². The van der Waals surface area contributed by atoms with Crippen molar-refractivity contribution in [3.05, 3.63) is 46.8 Å². The molecular formula is C16H20N2O3. The fraction of sp³-hybridized carbons (Fsp3) is 0.438. The van der Waals surface area contributed by atoms with Crippen LogP contribution in [0.3, 0.4) is 0 Å². The van der Waals surface area contributed by atoms with Crippen molar-refractivity contribution >= 4 is 0 Å². The summed E-state index contributed by atoms with van der Waals surface area (Å²) in [6, 6.07) is 8.14. The summed E-state index contributed by atoms with van der Waals surface area (Å²) in [6.45, 7) is 0.807. The second kappa shape index (κ2) is 6.28. The number of methoxy groups -OCH3 is 1. The number of hydrogen-bond acceptors (Lipinski definition) is 5. The molecule has 0 radical (unpaired) electrons. The van der Waals surface area contributed by atoms with E-state index in [9.17, 15) is 0 Å². The first-order valence-electron chi connectivity index (χ1n) is 7.21. The molecule has 2 N–H and O–H groups in total. The maximum Gasteiger partial charge on any atom is 0.162 e. The van der Waals surface area contributed by atoms with Gasteiger partial charge in [0.15, 0.2) is 5.76 Å². The van der Waals surface area contributed by atoms with Gasteiger partial charge in [-0.1, -0.05) is 11.2 Å². The number of aromatic nitrogens is 1. The minimum absolute atomic E-state index is 0.162. The summed E-state index contributed by atoms with van der Waals surface area (Å²) in [5, 5.41) is 3.95. The first-order chi connectivity index (χ1) is 10.3. The van der Waals surface area contributed by atoms with Gasteiger partial charge in [0, 0.05) is 19.2 Å². The van der Waals surface area contributed by atoms with E-state index in [1.165, 1.54) is 11.1 Å². The molecule has 0 amide bonds. The molecule has 1 aromatic carbocycles. The molecule has 0 saturated heterocycles. The molecule has 1 aliphatic carbocycles. The first kappa shape index (κ1) is 14.1. The highest BCUT2D eigenvalue weighted by molar-refractivity contribution is 5.38. The second-order valence-corrected chi connectivity index (χ2v) is 5.37. The highest BCUT2D eigenvalue weighted by Gasteiger charge is 2.17. The van der Waals surface area contributed by atoms with E-state index in [-0.39, 0.29) is 6.04 Å². The zero-order valence-electron chi connectivity index (χ0n) is 12.2. The van der Waals surface area contributed by atoms with E-state index >= 15 is 0 Å². The molecule has 5 nitrogen and oxygen atoms in total. The van der Waals surface area contributed by atoms with Gasteiger partial charge in [0.25, 0.3) is 0 Å². The average molecular weight is 288 g/mol. The topological polar surface area (TPSA) is 70.5 Å². The summed E-state index contributed by atoms with van der Waals surface area (Å²) in [6.07, 6.45) is 3.28. The Hall–Kier alpha value is -1.85. The summed E-state index contributed by atoms with van der Waals surface area (Å²) >= 11 is 0. The monoisotopic (exact) mass is 288 g/mol. The van der Waals surface area contributed by atoms with Crippen molar-refractivity contribution in [1.82, 2.24) is 5.16 Å². The van der Waals surface area contributed by atoms with Crippen LogP contribution in [0.1, 0.15) is 41.5 Å². The quantitative estimate of drug-likeness (QED) is 0.916. The van der Waals surface area contributed by atoms with Gasteiger partial charge in [0.2, 0.25) is 0 Å². The summed E-state index contributed by atoms with van der Waals surface area (Å²) in [5.74, 6) is 1.55. The van der Waals surface area contributed by atoms with Crippen LogP contribution < -0.4 is 10.5 Å². The Morgan fingerprint density at radius 2 is 2.24 bits per heavy atom. The van der Waals surface area contributed by atoms with Crippen molar-refractivity contribution in [3.8, 4) is 5.75 Å². The van der Waals surface area contributed by atoms with Gasteiger partial charge in [-0.15, -0.1) is 0 Å². The number of nitrogens with zero attached hydrogens (tertiary/aromatic N) is 1. The van der Waals surface area contributed by atoms with E-state index in [1.807, 2.05) is 12.1 Å². The molecule has 21 heavy (non-hydrogen) atoms. The predicted octanol–water partition coefficient (Wildman–Crippen LogP) is 2.74. The van der Waals surface area contributed by atoms with Crippen LogP contribution in [0.4, 0.5) is 0 Å². The minimum Gasteiger partial charge on any atom is -0.487 e. The van der Waals surface area contributed by atoms with Crippen LogP contribution in [0.5, 0.6) is 5.75 Å². The van der Waals surface area contributed by atoms with E-state index in [0.29, 0.717) is 19.0 Å². The van der Waals surface area contributed by atoms with Gasteiger partial charge in [-0.05, 0) is 42.5 Å². The van der Waals surface area contributed by atoms with E-state index in [1.54, 1.807) is 7.11 Å². The molecule has 1 heterocycles. The Balaban J connectivity index is 1.65. The Morgan fingerprint density at radius 1 is 1.33 bits per heavy atom. The molecule has 0 saturated carbocycles. The molecule has 1 aromatic heterocycles. The lowest BCUT2D eigenvalue weighted by Gasteiger charge is -2.22. The minimum atomic E-state index is 0.162. The van der Waals surface area contributed by atoms with Crippen LogP contribution in [0.2, 0.25) is 0 Å². The Kier molecular flexibility index (Phi) is 4.22. The molecule has 0 aliphatic heterocycles. The highest BCUT2D eigenvalue weighted by atomic mass is 16.5. The molecule has 3 rings (SSSR count). The zero-order chi connectivity index (χ0) is 14.7. The molecule has 0 fully saturated rings. The lowest BCUT2D eigenvalue weighted by molar-refractivity contribution is 0.155. The third-order valence-corrected chi connectivity index (χ3v) is 3.76. The lowest BCUT2D eigenvalue weighted by Crippen LogP contribution is -2.17. The lowest BCUT2D eigenvalue weighted by atomic mass is 9.88. The second-order valence-electron chi connectivity index (χ2n) is 5.37. The predicted molar refractivity (Wildman–Crippen MR) is 77.9 cm³/mol. The number of nitrogens with two attached hydrogens (primary N) is 1. The van der Waals surface area contributed by atoms with Crippen LogP contribution in [0.15, 0.2) is 28.8 Å². The van der Waals surface area contributed by atoms with Crippen LogP contribution in [0, 0.1) is 0 Å². The standard InChI is InChI=1S/C16H20N2O3/c1-19-10-14-8-12(18-21-14)9-20-13-5-6-15-11(7-13)3-2-4-16(15)17/h5-8,16H,2-4,9-10,17H2,1H3. The molecule has 1 atom stereocenters. The first-order valence-corrected chi connectivity index (χ1v) is 7.21. The number of aryl methyl sites for hydroxylation is 1. The zero-order valence-corrected chi connectivity index (χ0v) is 12.2. The van der Waals surface area contributed by atoms with Gasteiger partial charge in [0.05, 0.1) is 0 Å². The van der Waals surface area contributed by atoms with Crippen LogP contribution in [-0.4, -0.2) is 12.3 Å². The molecule has 1 aliphatic rings. The average Bonchev–Trinajstić information content (AvgIpc) is 2.93. The third-order valence-electron chi connectivity index (χ3n) is 3.76. The summed E-state index contributed by atoms with van der Waals surface area (Å²) in [4.78, 5) is 0. The van der Waals surface area contributed by atoms with Gasteiger partial charge < -0.3 is 19.7 Å². The highest BCUT2D eigenvalue weighted by Crippen LogP contribution is 2.30. The third kappa shape index (κ3) is 3.25. The van der Waals surface area contributed by atoms with Crippen molar-refractivity contribution in [1.29, 1.82) is 0 Å². The molecule has 0 bridgehead atoms. The molecule has 1 unspecified atom stereocenters. The maximum atomic E-state index is 6.12. The summed E-state index contributed by atoms with van der Waals surface area (Å²) in [7, 11) is 1.62. The van der Waals surface area contributed by atoms with E-state index in [2.05, 4.69) is 17.3 Å². The van der Waals surface area contributed by atoms with Gasteiger partial charge in [-0.2, -0.15) is 0 Å². The van der Waals surface area contributed by atoms with Gasteiger partial charge in [0.1, 0.15) is 24.7 Å². The Morgan fingerprint density at radius 3 is 3.10 bits per heavy atom. The summed E-state index contributed by atoms with van der Waals surface area (Å²) in [5.41, 5.74) is 9.42. The number of fused-ring (bicyclic) bond motifs is 1. The number of ether oxygens (including phenoxy) is 2. The Labute approximate surface area is 124 Å². The van der Waals surface area contributed by atoms with Crippen molar-refractivity contribution in [2.24, 2.45) is 5.73 Å². The molecule has 112 valence electrons.